The van der Waals surface area contributed by atoms with E-state index in [1.165, 1.54) is 36.0 Å². The van der Waals surface area contributed by atoms with Crippen molar-refractivity contribution in [1.29, 1.82) is 0 Å². The third-order valence-electron chi connectivity index (χ3n) is 7.28. The second-order valence-electron chi connectivity index (χ2n) is 11.9. The fraction of sp³-hybridized carbons (Fsp3) is 0.183. The summed E-state index contributed by atoms with van der Waals surface area (Å²) in [6.07, 6.45) is 29.1. The van der Waals surface area contributed by atoms with Gasteiger partial charge >= 0.3 is 0 Å². The predicted octanol–water partition coefficient (Wildman–Crippen LogP) is 17.0. The number of aryl methyl sites for hydroxylation is 3. The van der Waals surface area contributed by atoms with Gasteiger partial charge in [0.05, 0.1) is 0 Å². The van der Waals surface area contributed by atoms with Gasteiger partial charge in [-0.2, -0.15) is 0 Å². The zero-order chi connectivity index (χ0) is 47.1. The Morgan fingerprint density at radius 2 is 0.922 bits per heavy atom. The van der Waals surface area contributed by atoms with Gasteiger partial charge in [-0.15, -0.1) is 35.1 Å². The van der Waals surface area contributed by atoms with Crippen molar-refractivity contribution in [3.8, 4) is 36.0 Å². The minimum Gasteiger partial charge on any atom is -0.525 e. The maximum absolute atomic E-state index is 4.86. The molecule has 2 aromatic carbocycles. The summed E-state index contributed by atoms with van der Waals surface area (Å²) in [7, 11) is 0. The van der Waals surface area contributed by atoms with Crippen LogP contribution in [-0.4, -0.2) is 0 Å². The Hall–Kier alpha value is -2.94. The van der Waals surface area contributed by atoms with E-state index < -0.39 is 0 Å². The van der Waals surface area contributed by atoms with Gasteiger partial charge in [-0.25, -0.2) is 0 Å². The first kappa shape index (κ1) is 84.5. The topological polar surface area (TPSA) is 0 Å². The maximum Gasteiger partial charge on any atom is 0 e. The van der Waals surface area contributed by atoms with E-state index in [2.05, 4.69) is 218 Å². The molecule has 64 heavy (non-hydrogen) atoms. The SMILES string of the molecule is C#C/C=C\C=C=C.C=C=C/C=C\C=C=C.C=C=CCC=C=C.CC1CCCC1C.Cc1ccccc1.Cc1ccccc1C.[2HH].[2HH].[2HH].[2HH].[CH2-]C#C[CH2-].[CH2-]C#C[CH2-].[CH2-]C=C([CH2-])C([CH2-])=C[CH2-].[Y].[Y].[Y].[Y]. The Labute approximate surface area is 504 Å². The standard InChI is InChI=1S/2C8H10.C8H8.C7H14.2C7H8.C7H6.2C4H4.4Y.4H2/c1-7-5-3-4-6-8(7)2;1-5-7(3)8(4)6-2;1-3-5-7-8-6-4-2;1-6-4-3-5-7(6)2;1-7-5-3-2-4-6-7;2*1-3-5-7-6-4-2;2*1-3-4-2;;;;;;;;/h3-6H,1-2H3;5-6H,1-4H2;5-8H,1-2H2;6-7H,3-5H2,1-2H3;2-6H,1H3;5-6H,1-2,7H2;1,5-7H,2H2;2*1-2H2;;;;;4*1H/q;-4;;;;;;2*-2;;;;;;;;/b;;8-7-;;;;7-5-;;;;;;;;;;/i;;;;;;;;;;;;;4*1+1. The Bertz CT molecular complexity index is 1780. The Morgan fingerprint density at radius 3 is 1.12 bits per heavy atom. The summed E-state index contributed by atoms with van der Waals surface area (Å²) in [6.45, 7) is 55.0. The first-order valence-electron chi connectivity index (χ1n) is 19.1. The summed E-state index contributed by atoms with van der Waals surface area (Å²) in [5.41, 5.74) is 18.7. The second kappa shape index (κ2) is 77.3. The smallest absolute Gasteiger partial charge is 0 e. The van der Waals surface area contributed by atoms with Gasteiger partial charge < -0.3 is 81.6 Å². The van der Waals surface area contributed by atoms with Crippen molar-refractivity contribution in [3.63, 3.8) is 0 Å². The quantitative estimate of drug-likeness (QED) is 0.117. The van der Waals surface area contributed by atoms with Gasteiger partial charge in [-0.3, -0.25) is 20.8 Å². The molecule has 2 unspecified atom stereocenters. The molecule has 0 amide bonds. The Balaban J connectivity index is -0.0000000399. The first-order valence-corrected chi connectivity index (χ1v) is 19.1. The molecule has 0 heterocycles. The normalized spacial score (nSPS) is 11.2. The minimum absolute atomic E-state index is 0. The molecule has 0 saturated heterocycles. The predicted molar refractivity (Wildman–Crippen MR) is 283 cm³/mol. The van der Waals surface area contributed by atoms with E-state index in [9.17, 15) is 0 Å². The van der Waals surface area contributed by atoms with Gasteiger partial charge in [0, 0.05) is 137 Å². The van der Waals surface area contributed by atoms with Crippen LogP contribution in [0.15, 0.2) is 194 Å². The molecular weight excluding hydrogens is 1080 g/mol. The molecule has 1 fully saturated rings. The molecule has 1 saturated carbocycles. The van der Waals surface area contributed by atoms with Gasteiger partial charge in [0.25, 0.3) is 0 Å². The number of benzene rings is 2. The van der Waals surface area contributed by atoms with Crippen LogP contribution in [0.25, 0.3) is 0 Å². The largest absolute Gasteiger partial charge is 0.525 e. The molecule has 1 aliphatic carbocycles. The van der Waals surface area contributed by atoms with Gasteiger partial charge in [0.2, 0.25) is 0 Å². The molecule has 340 valence electrons. The summed E-state index contributed by atoms with van der Waals surface area (Å²) in [4.78, 5) is 0. The molecule has 4 radical (unpaired) electrons. The van der Waals surface area contributed by atoms with E-state index in [4.69, 9.17) is 6.42 Å². The molecule has 0 nitrogen and oxygen atoms in total. The third-order valence-corrected chi connectivity index (χ3v) is 7.28. The number of rotatable bonds is 6. The molecule has 1 aliphatic rings. The van der Waals surface area contributed by atoms with Crippen molar-refractivity contribution in [2.24, 2.45) is 11.8 Å². The van der Waals surface area contributed by atoms with Crippen molar-refractivity contribution >= 4 is 0 Å². The van der Waals surface area contributed by atoms with E-state index in [0.717, 1.165) is 29.4 Å². The molecule has 3 rings (SSSR count). The molecule has 0 spiro atoms. The van der Waals surface area contributed by atoms with E-state index in [1.807, 2.05) is 42.5 Å². The molecule has 0 bridgehead atoms. The molecular formula is C60H80Y4-8. The zero-order valence-corrected chi connectivity index (χ0v) is 51.5. The Kier molecular flexibility index (Phi) is 102. The van der Waals surface area contributed by atoms with Gasteiger partial charge in [0.1, 0.15) is 0 Å². The second-order valence-corrected chi connectivity index (χ2v) is 11.9. The van der Waals surface area contributed by atoms with Crippen LogP contribution < -0.4 is 0 Å². The van der Waals surface area contributed by atoms with Crippen LogP contribution >= 0.6 is 0 Å². The fourth-order valence-corrected chi connectivity index (χ4v) is 3.43. The molecule has 0 aromatic heterocycles. The molecule has 2 atom stereocenters. The Morgan fingerprint density at radius 1 is 0.594 bits per heavy atom. The fourth-order valence-electron chi connectivity index (χ4n) is 3.43. The number of hydrogen-bond donors (Lipinski definition) is 0. The molecule has 4 heteroatoms. The minimum atomic E-state index is 0. The molecule has 2 aromatic rings. The van der Waals surface area contributed by atoms with Crippen LogP contribution in [0.2, 0.25) is 0 Å². The van der Waals surface area contributed by atoms with Crippen molar-refractivity contribution < 1.29 is 137 Å². The van der Waals surface area contributed by atoms with Crippen molar-refractivity contribution in [3.05, 3.63) is 266 Å². The van der Waals surface area contributed by atoms with Crippen molar-refractivity contribution in [2.45, 2.75) is 60.3 Å². The molecule has 0 aliphatic heterocycles. The van der Waals surface area contributed by atoms with Gasteiger partial charge in [-0.1, -0.05) is 144 Å². The average molecular weight is 1160 g/mol. The summed E-state index contributed by atoms with van der Waals surface area (Å²) >= 11 is 0. The number of terminal acetylenes is 1. The number of hydrogen-bond acceptors (Lipinski definition) is 0. The molecule has 0 N–H and O–H groups in total. The van der Waals surface area contributed by atoms with Gasteiger partial charge in [0.15, 0.2) is 0 Å². The van der Waals surface area contributed by atoms with Crippen LogP contribution in [0, 0.1) is 124 Å². The van der Waals surface area contributed by atoms with E-state index in [1.54, 1.807) is 42.5 Å². The monoisotopic (exact) mass is 1160 g/mol. The maximum atomic E-state index is 4.86. The van der Waals surface area contributed by atoms with Crippen molar-refractivity contribution in [2.75, 3.05) is 0 Å². The van der Waals surface area contributed by atoms with Crippen LogP contribution in [0.1, 0.15) is 61.9 Å². The van der Waals surface area contributed by atoms with E-state index in [0.29, 0.717) is 0 Å². The van der Waals surface area contributed by atoms with Crippen LogP contribution in [0.4, 0.5) is 0 Å². The first-order chi connectivity index (χ1) is 28.8. The summed E-state index contributed by atoms with van der Waals surface area (Å²) < 4.78 is 0. The third kappa shape index (κ3) is 82.7. The summed E-state index contributed by atoms with van der Waals surface area (Å²) in [5.74, 6) is 13.6. The summed E-state index contributed by atoms with van der Waals surface area (Å²) in [6, 6.07) is 18.6. The van der Waals surface area contributed by atoms with Crippen LogP contribution in [0.5, 0.6) is 0 Å². The van der Waals surface area contributed by atoms with Crippen LogP contribution in [0.3, 0.4) is 0 Å². The zero-order valence-electron chi connectivity index (χ0n) is 40.1. The number of allylic oxidation sites excluding steroid dienone is 13. The van der Waals surface area contributed by atoms with Crippen LogP contribution in [-0.2, 0) is 131 Å². The average Bonchev–Trinajstić information content (AvgIpc) is 3.66. The van der Waals surface area contributed by atoms with Crippen molar-refractivity contribution in [1.82, 2.24) is 0 Å². The summed E-state index contributed by atoms with van der Waals surface area (Å²) in [5, 5.41) is 0. The van der Waals surface area contributed by atoms with E-state index >= 15 is 0 Å². The van der Waals surface area contributed by atoms with Gasteiger partial charge in [-0.05, 0) is 92.7 Å². The van der Waals surface area contributed by atoms with E-state index in [-0.39, 0.29) is 137 Å².